The SMILES string of the molecule is CCCCC/C=C\C/C=C\CCCCCCCC(=O)OCc1cc(CO)cc(COC(=O)CCC(OCCCCCCC(F)(F)C(F)(F)F)OCCCCCCC(F)(F)C(F)(F)F)c1. The van der Waals surface area contributed by atoms with Gasteiger partial charge in [-0.2, -0.15) is 43.9 Å². The summed E-state index contributed by atoms with van der Waals surface area (Å²) in [6.07, 6.45) is 6.32. The number of unbranched alkanes of at least 4 members (excludes halogenated alkanes) is 14. The van der Waals surface area contributed by atoms with Crippen LogP contribution in [0.3, 0.4) is 0 Å². The first-order valence-electron chi connectivity index (χ1n) is 22.8. The molecule has 17 heteroatoms. The predicted octanol–water partition coefficient (Wildman–Crippen LogP) is 14.5. The zero-order valence-electron chi connectivity index (χ0n) is 37.3. The second kappa shape index (κ2) is 33.3. The van der Waals surface area contributed by atoms with Crippen molar-refractivity contribution in [2.75, 3.05) is 13.2 Å². The molecular formula is C47H70F10O7. The zero-order valence-corrected chi connectivity index (χ0v) is 37.3. The van der Waals surface area contributed by atoms with E-state index in [0.717, 1.165) is 44.9 Å². The van der Waals surface area contributed by atoms with Crippen molar-refractivity contribution < 1.29 is 77.5 Å². The maximum Gasteiger partial charge on any atom is 0.453 e. The highest BCUT2D eigenvalue weighted by atomic mass is 19.4. The Morgan fingerprint density at radius 1 is 0.547 bits per heavy atom. The van der Waals surface area contributed by atoms with Crippen molar-refractivity contribution in [2.24, 2.45) is 0 Å². The predicted molar refractivity (Wildman–Crippen MR) is 224 cm³/mol. The summed E-state index contributed by atoms with van der Waals surface area (Å²) in [6.45, 7) is 1.70. The molecule has 64 heavy (non-hydrogen) atoms. The van der Waals surface area contributed by atoms with Gasteiger partial charge in [0, 0.05) is 38.9 Å². The summed E-state index contributed by atoms with van der Waals surface area (Å²) in [7, 11) is 0. The number of benzene rings is 1. The molecule has 0 spiro atoms. The molecule has 0 fully saturated rings. The maximum absolute atomic E-state index is 13.1. The molecule has 370 valence electrons. The fourth-order valence-electron chi connectivity index (χ4n) is 6.42. The lowest BCUT2D eigenvalue weighted by Gasteiger charge is -2.20. The van der Waals surface area contributed by atoms with Crippen LogP contribution in [0.4, 0.5) is 43.9 Å². The number of allylic oxidation sites excluding steroid dienone is 4. The number of alkyl halides is 10. The van der Waals surface area contributed by atoms with E-state index >= 15 is 0 Å². The van der Waals surface area contributed by atoms with Gasteiger partial charge in [-0.25, -0.2) is 0 Å². The van der Waals surface area contributed by atoms with Crippen molar-refractivity contribution in [1.82, 2.24) is 0 Å². The van der Waals surface area contributed by atoms with Gasteiger partial charge in [0.05, 0.1) is 13.0 Å². The highest BCUT2D eigenvalue weighted by molar-refractivity contribution is 5.69. The number of carbonyl (C=O) groups is 2. The van der Waals surface area contributed by atoms with Crippen LogP contribution in [0.1, 0.15) is 178 Å². The van der Waals surface area contributed by atoms with Crippen molar-refractivity contribution in [1.29, 1.82) is 0 Å². The molecule has 1 aromatic carbocycles. The lowest BCUT2D eigenvalue weighted by Crippen LogP contribution is -2.36. The molecular weight excluding hydrogens is 866 g/mol. The smallest absolute Gasteiger partial charge is 0.453 e. The molecule has 0 saturated heterocycles. The minimum atomic E-state index is -5.62. The van der Waals surface area contributed by atoms with Gasteiger partial charge in [-0.15, -0.1) is 0 Å². The van der Waals surface area contributed by atoms with E-state index in [2.05, 4.69) is 31.2 Å². The zero-order chi connectivity index (χ0) is 47.7. The van der Waals surface area contributed by atoms with Gasteiger partial charge in [0.25, 0.3) is 0 Å². The molecule has 0 atom stereocenters. The number of ether oxygens (including phenoxy) is 4. The second-order valence-electron chi connectivity index (χ2n) is 16.1. The Bertz CT molecular complexity index is 1410. The van der Waals surface area contributed by atoms with Crippen LogP contribution in [0.25, 0.3) is 0 Å². The topological polar surface area (TPSA) is 91.3 Å². The molecule has 0 bridgehead atoms. The third-order valence-corrected chi connectivity index (χ3v) is 10.2. The molecule has 0 heterocycles. The van der Waals surface area contributed by atoms with E-state index in [9.17, 15) is 58.6 Å². The molecule has 0 aliphatic carbocycles. The molecule has 0 unspecified atom stereocenters. The van der Waals surface area contributed by atoms with Crippen molar-refractivity contribution in [3.8, 4) is 0 Å². The second-order valence-corrected chi connectivity index (χ2v) is 16.1. The van der Waals surface area contributed by atoms with Crippen molar-refractivity contribution >= 4 is 11.9 Å². The molecule has 7 nitrogen and oxygen atoms in total. The number of rotatable bonds is 38. The lowest BCUT2D eigenvalue weighted by molar-refractivity contribution is -0.284. The van der Waals surface area contributed by atoms with Gasteiger partial charge < -0.3 is 24.1 Å². The van der Waals surface area contributed by atoms with Gasteiger partial charge in [-0.1, -0.05) is 101 Å². The number of hydrogen-bond acceptors (Lipinski definition) is 7. The molecule has 0 amide bonds. The first-order valence-corrected chi connectivity index (χ1v) is 22.8. The average molecular weight is 937 g/mol. The minimum absolute atomic E-state index is 0.0129. The van der Waals surface area contributed by atoms with E-state index in [4.69, 9.17) is 18.9 Å². The van der Waals surface area contributed by atoms with Crippen molar-refractivity contribution in [2.45, 2.75) is 211 Å². The number of esters is 2. The van der Waals surface area contributed by atoms with Crippen LogP contribution < -0.4 is 0 Å². The Hall–Kier alpha value is -3.18. The monoisotopic (exact) mass is 936 g/mol. The Kier molecular flexibility index (Phi) is 30.6. The van der Waals surface area contributed by atoms with E-state index in [1.165, 1.54) is 19.3 Å². The largest absolute Gasteiger partial charge is 0.461 e. The Labute approximate surface area is 372 Å². The number of hydrogen-bond donors (Lipinski definition) is 1. The fourth-order valence-corrected chi connectivity index (χ4v) is 6.42. The minimum Gasteiger partial charge on any atom is -0.461 e. The molecule has 0 aliphatic rings. The van der Waals surface area contributed by atoms with E-state index in [0.29, 0.717) is 23.1 Å². The standard InChI is InChI=1S/C47H70F10O7/c1-2-3-4-5-6-7-8-9-10-11-12-13-14-15-20-25-41(59)63-36-39-32-38(35-58)33-40(34-39)37-64-42(60)26-27-43(61-30-23-18-16-21-28-44(48,49)46(52,53)54)62-31-24-19-17-22-29-45(50,51)47(55,56)57/h6-7,9-10,32-34,43,58H,2-5,8,11-31,35-37H2,1H3/b7-6-,10-9-. The van der Waals surface area contributed by atoms with E-state index < -0.39 is 49.3 Å². The summed E-state index contributed by atoms with van der Waals surface area (Å²) >= 11 is 0. The first kappa shape index (κ1) is 58.8. The summed E-state index contributed by atoms with van der Waals surface area (Å²) < 4.78 is 149. The third-order valence-electron chi connectivity index (χ3n) is 10.2. The summed E-state index contributed by atoms with van der Waals surface area (Å²) in [5.74, 6) is -10.5. The fraction of sp³-hybridized carbons (Fsp3) is 0.745. The molecule has 0 aromatic heterocycles. The van der Waals surface area contributed by atoms with Crippen LogP contribution in [0, 0.1) is 0 Å². The number of carbonyl (C=O) groups excluding carboxylic acids is 2. The molecule has 0 radical (unpaired) electrons. The van der Waals surface area contributed by atoms with Gasteiger partial charge in [-0.3, -0.25) is 9.59 Å². The highest BCUT2D eigenvalue weighted by Crippen LogP contribution is 2.40. The summed E-state index contributed by atoms with van der Waals surface area (Å²) in [6, 6.07) is 4.98. The van der Waals surface area contributed by atoms with Crippen molar-refractivity contribution in [3.05, 3.63) is 59.2 Å². The number of aliphatic hydroxyl groups excluding tert-OH is 1. The normalized spacial score (nSPS) is 12.9. The quantitative estimate of drug-likeness (QED) is 0.0232. The van der Waals surface area contributed by atoms with Gasteiger partial charge in [-0.05, 0) is 87.0 Å². The molecule has 1 N–H and O–H groups in total. The van der Waals surface area contributed by atoms with E-state index in [1.54, 1.807) is 18.2 Å². The third kappa shape index (κ3) is 28.7. The summed E-state index contributed by atoms with van der Waals surface area (Å²) in [5, 5.41) is 9.78. The summed E-state index contributed by atoms with van der Waals surface area (Å²) in [5.41, 5.74) is 1.64. The number of aliphatic hydroxyl groups is 1. The van der Waals surface area contributed by atoms with Crippen LogP contribution >= 0.6 is 0 Å². The van der Waals surface area contributed by atoms with Crippen molar-refractivity contribution in [3.63, 3.8) is 0 Å². The molecule has 1 aromatic rings. The Balaban J connectivity index is 2.51. The van der Waals surface area contributed by atoms with Crippen LogP contribution in [-0.4, -0.2) is 60.7 Å². The first-order chi connectivity index (χ1) is 30.3. The Morgan fingerprint density at radius 3 is 1.45 bits per heavy atom. The Morgan fingerprint density at radius 2 is 0.969 bits per heavy atom. The average Bonchev–Trinajstić information content (AvgIpc) is 3.23. The van der Waals surface area contributed by atoms with E-state index in [-0.39, 0.29) is 110 Å². The highest BCUT2D eigenvalue weighted by Gasteiger charge is 2.57. The van der Waals surface area contributed by atoms with Crippen LogP contribution in [0.15, 0.2) is 42.5 Å². The van der Waals surface area contributed by atoms with Gasteiger partial charge in [0.15, 0.2) is 6.29 Å². The van der Waals surface area contributed by atoms with Crippen LogP contribution in [-0.2, 0) is 48.4 Å². The summed E-state index contributed by atoms with van der Waals surface area (Å²) in [4.78, 5) is 25.1. The molecule has 0 saturated carbocycles. The van der Waals surface area contributed by atoms with Gasteiger partial charge in [0.2, 0.25) is 0 Å². The number of halogens is 10. The maximum atomic E-state index is 13.1. The molecule has 0 aliphatic heterocycles. The lowest BCUT2D eigenvalue weighted by atomic mass is 10.1. The van der Waals surface area contributed by atoms with E-state index in [1.807, 2.05) is 0 Å². The van der Waals surface area contributed by atoms with Crippen LogP contribution in [0.5, 0.6) is 0 Å². The van der Waals surface area contributed by atoms with Gasteiger partial charge in [0.1, 0.15) is 13.2 Å². The van der Waals surface area contributed by atoms with Crippen LogP contribution in [0.2, 0.25) is 0 Å². The molecule has 1 rings (SSSR count). The van der Waals surface area contributed by atoms with Gasteiger partial charge >= 0.3 is 36.1 Å².